The third-order valence-corrected chi connectivity index (χ3v) is 4.46. The summed E-state index contributed by atoms with van der Waals surface area (Å²) in [6.45, 7) is 6.97. The fraction of sp³-hybridized carbons (Fsp3) is 0.647. The van der Waals surface area contributed by atoms with Crippen LogP contribution in [0.25, 0.3) is 0 Å². The average Bonchev–Trinajstić information content (AvgIpc) is 2.94. The van der Waals surface area contributed by atoms with E-state index >= 15 is 0 Å². The van der Waals surface area contributed by atoms with Gasteiger partial charge in [-0.1, -0.05) is 19.1 Å². The molecule has 0 aliphatic carbocycles. The Morgan fingerprint density at radius 3 is 2.95 bits per heavy atom. The van der Waals surface area contributed by atoms with Crippen molar-refractivity contribution in [3.05, 3.63) is 35.1 Å². The van der Waals surface area contributed by atoms with Crippen LogP contribution in [-0.2, 0) is 0 Å². The van der Waals surface area contributed by atoms with Gasteiger partial charge in [0.2, 0.25) is 0 Å². The highest BCUT2D eigenvalue weighted by Gasteiger charge is 2.24. The van der Waals surface area contributed by atoms with E-state index in [1.54, 1.807) is 13.0 Å². The molecule has 3 nitrogen and oxygen atoms in total. The van der Waals surface area contributed by atoms with Crippen LogP contribution in [0.15, 0.2) is 18.2 Å². The van der Waals surface area contributed by atoms with Gasteiger partial charge < -0.3 is 10.4 Å². The molecule has 1 aliphatic heterocycles. The Morgan fingerprint density at radius 2 is 2.29 bits per heavy atom. The van der Waals surface area contributed by atoms with Gasteiger partial charge in [0.05, 0.1) is 6.61 Å². The van der Waals surface area contributed by atoms with E-state index in [-0.39, 0.29) is 18.5 Å². The predicted octanol–water partition coefficient (Wildman–Crippen LogP) is 2.63. The molecule has 0 radical (unpaired) electrons. The van der Waals surface area contributed by atoms with E-state index in [9.17, 15) is 9.50 Å². The molecular formula is C17H27FN2O. The molecule has 21 heavy (non-hydrogen) atoms. The van der Waals surface area contributed by atoms with Gasteiger partial charge in [-0.2, -0.15) is 0 Å². The molecule has 0 saturated carbocycles. The lowest BCUT2D eigenvalue weighted by Gasteiger charge is -2.26. The van der Waals surface area contributed by atoms with E-state index in [4.69, 9.17) is 0 Å². The smallest absolute Gasteiger partial charge is 0.126 e. The molecule has 1 aromatic rings. The summed E-state index contributed by atoms with van der Waals surface area (Å²) >= 11 is 0. The van der Waals surface area contributed by atoms with Crippen molar-refractivity contribution in [3.63, 3.8) is 0 Å². The van der Waals surface area contributed by atoms with Crippen molar-refractivity contribution in [3.8, 4) is 0 Å². The lowest BCUT2D eigenvalue weighted by Crippen LogP contribution is -2.35. The standard InChI is InChI=1S/C17H27FN2O/c1-3-19-17(14-7-6-13(2)16(18)11-14)8-10-20-9-4-5-15(20)12-21/h6-7,11,15,17,19,21H,3-5,8-10,12H2,1-2H3. The maximum atomic E-state index is 13.8. The summed E-state index contributed by atoms with van der Waals surface area (Å²) in [6.07, 6.45) is 3.19. The van der Waals surface area contributed by atoms with Crippen molar-refractivity contribution < 1.29 is 9.50 Å². The number of hydrogen-bond acceptors (Lipinski definition) is 3. The molecule has 1 aliphatic rings. The van der Waals surface area contributed by atoms with E-state index in [0.29, 0.717) is 11.6 Å². The van der Waals surface area contributed by atoms with Crippen molar-refractivity contribution in [1.29, 1.82) is 0 Å². The van der Waals surface area contributed by atoms with Crippen molar-refractivity contribution in [2.24, 2.45) is 0 Å². The quantitative estimate of drug-likeness (QED) is 0.811. The van der Waals surface area contributed by atoms with Gasteiger partial charge >= 0.3 is 0 Å². The minimum absolute atomic E-state index is 0.134. The third-order valence-electron chi connectivity index (χ3n) is 4.46. The summed E-state index contributed by atoms with van der Waals surface area (Å²) < 4.78 is 13.8. The second kappa shape index (κ2) is 7.87. The van der Waals surface area contributed by atoms with Crippen LogP contribution in [-0.4, -0.2) is 42.3 Å². The first-order chi connectivity index (χ1) is 10.2. The zero-order chi connectivity index (χ0) is 15.2. The number of halogens is 1. The van der Waals surface area contributed by atoms with Crippen molar-refractivity contribution in [1.82, 2.24) is 10.2 Å². The second-order valence-corrected chi connectivity index (χ2v) is 5.92. The van der Waals surface area contributed by atoms with Crippen molar-refractivity contribution in [2.45, 2.75) is 45.2 Å². The molecular weight excluding hydrogens is 267 g/mol. The number of aliphatic hydroxyl groups is 1. The first-order valence-corrected chi connectivity index (χ1v) is 8.00. The molecule has 2 atom stereocenters. The van der Waals surface area contributed by atoms with E-state index in [2.05, 4.69) is 17.1 Å². The average molecular weight is 294 g/mol. The Kier molecular flexibility index (Phi) is 6.15. The number of benzene rings is 1. The SMILES string of the molecule is CCNC(CCN1CCCC1CO)c1ccc(C)c(F)c1. The molecule has 0 spiro atoms. The molecule has 2 N–H and O–H groups in total. The van der Waals surface area contributed by atoms with Crippen molar-refractivity contribution >= 4 is 0 Å². The lowest BCUT2D eigenvalue weighted by atomic mass is 10.0. The summed E-state index contributed by atoms with van der Waals surface area (Å²) in [5.74, 6) is -0.134. The Balaban J connectivity index is 1.99. The number of nitrogens with zero attached hydrogens (tertiary/aromatic N) is 1. The molecule has 1 fully saturated rings. The Bertz CT molecular complexity index is 452. The van der Waals surface area contributed by atoms with E-state index in [1.165, 1.54) is 0 Å². The molecule has 1 aromatic carbocycles. The molecule has 0 aromatic heterocycles. The number of aryl methyl sites for hydroxylation is 1. The number of hydrogen-bond donors (Lipinski definition) is 2. The predicted molar refractivity (Wildman–Crippen MR) is 83.9 cm³/mol. The first kappa shape index (κ1) is 16.4. The van der Waals surface area contributed by atoms with Gasteiger partial charge in [0.15, 0.2) is 0 Å². The second-order valence-electron chi connectivity index (χ2n) is 5.92. The van der Waals surface area contributed by atoms with Gasteiger partial charge in [0.25, 0.3) is 0 Å². The number of likely N-dealkylation sites (tertiary alicyclic amines) is 1. The summed E-state index contributed by atoms with van der Waals surface area (Å²) in [5, 5.41) is 12.8. The zero-order valence-corrected chi connectivity index (χ0v) is 13.1. The summed E-state index contributed by atoms with van der Waals surface area (Å²) in [4.78, 5) is 2.36. The number of rotatable bonds is 7. The zero-order valence-electron chi connectivity index (χ0n) is 13.1. The van der Waals surface area contributed by atoms with Crippen LogP contribution < -0.4 is 5.32 Å². The topological polar surface area (TPSA) is 35.5 Å². The van der Waals surface area contributed by atoms with Crippen LogP contribution in [0.5, 0.6) is 0 Å². The van der Waals surface area contributed by atoms with Gasteiger partial charge in [-0.05, 0) is 56.5 Å². The van der Waals surface area contributed by atoms with Gasteiger partial charge in [-0.25, -0.2) is 4.39 Å². The van der Waals surface area contributed by atoms with Gasteiger partial charge in [-0.3, -0.25) is 4.90 Å². The van der Waals surface area contributed by atoms with Crippen LogP contribution in [0.2, 0.25) is 0 Å². The third kappa shape index (κ3) is 4.25. The minimum Gasteiger partial charge on any atom is -0.395 e. The number of nitrogens with one attached hydrogen (secondary N) is 1. The van der Waals surface area contributed by atoms with E-state index < -0.39 is 0 Å². The molecule has 1 heterocycles. The molecule has 2 unspecified atom stereocenters. The maximum absolute atomic E-state index is 13.8. The Hall–Kier alpha value is -0.970. The van der Waals surface area contributed by atoms with Crippen LogP contribution in [0.4, 0.5) is 4.39 Å². The summed E-state index contributed by atoms with van der Waals surface area (Å²) in [5.41, 5.74) is 1.70. The molecule has 118 valence electrons. The molecule has 4 heteroatoms. The minimum atomic E-state index is -0.134. The fourth-order valence-corrected chi connectivity index (χ4v) is 3.15. The fourth-order valence-electron chi connectivity index (χ4n) is 3.15. The van der Waals surface area contributed by atoms with E-state index in [0.717, 1.165) is 44.5 Å². The van der Waals surface area contributed by atoms with Gasteiger partial charge in [-0.15, -0.1) is 0 Å². The van der Waals surface area contributed by atoms with E-state index in [1.807, 2.05) is 12.1 Å². The van der Waals surface area contributed by atoms with Crippen LogP contribution >= 0.6 is 0 Å². The summed E-state index contributed by atoms with van der Waals surface area (Å²) in [6, 6.07) is 5.99. The largest absolute Gasteiger partial charge is 0.395 e. The number of aliphatic hydroxyl groups excluding tert-OH is 1. The van der Waals surface area contributed by atoms with Gasteiger partial charge in [0, 0.05) is 18.6 Å². The first-order valence-electron chi connectivity index (χ1n) is 8.00. The van der Waals surface area contributed by atoms with Gasteiger partial charge in [0.1, 0.15) is 5.82 Å². The Morgan fingerprint density at radius 1 is 1.48 bits per heavy atom. The highest BCUT2D eigenvalue weighted by Crippen LogP contribution is 2.23. The normalized spacial score (nSPS) is 20.9. The highest BCUT2D eigenvalue weighted by molar-refractivity contribution is 5.25. The molecule has 0 amide bonds. The molecule has 0 bridgehead atoms. The molecule has 2 rings (SSSR count). The monoisotopic (exact) mass is 294 g/mol. The van der Waals surface area contributed by atoms with Crippen LogP contribution in [0, 0.1) is 12.7 Å². The van der Waals surface area contributed by atoms with Crippen LogP contribution in [0.1, 0.15) is 43.4 Å². The molecule has 1 saturated heterocycles. The maximum Gasteiger partial charge on any atom is 0.126 e. The summed E-state index contributed by atoms with van der Waals surface area (Å²) in [7, 11) is 0. The lowest BCUT2D eigenvalue weighted by molar-refractivity contribution is 0.154. The van der Waals surface area contributed by atoms with Crippen LogP contribution in [0.3, 0.4) is 0 Å². The highest BCUT2D eigenvalue weighted by atomic mass is 19.1. The Labute approximate surface area is 127 Å². The van der Waals surface area contributed by atoms with Crippen molar-refractivity contribution in [2.75, 3.05) is 26.2 Å².